The summed E-state index contributed by atoms with van der Waals surface area (Å²) in [6.07, 6.45) is 0. The number of hydrogen-bond acceptors (Lipinski definition) is 4. The van der Waals surface area contributed by atoms with Crippen molar-refractivity contribution in [1.82, 2.24) is 5.43 Å². The number of benzene rings is 1. The van der Waals surface area contributed by atoms with Crippen LogP contribution in [-0.4, -0.2) is 7.11 Å². The van der Waals surface area contributed by atoms with Gasteiger partial charge in [-0.25, -0.2) is 5.43 Å². The molecule has 1 aromatic heterocycles. The van der Waals surface area contributed by atoms with E-state index in [0.29, 0.717) is 0 Å². The van der Waals surface area contributed by atoms with Gasteiger partial charge in [0, 0.05) is 14.9 Å². The topological polar surface area (TPSA) is 47.3 Å². The molecule has 6 heteroatoms. The van der Waals surface area contributed by atoms with Gasteiger partial charge < -0.3 is 4.74 Å². The zero-order chi connectivity index (χ0) is 14.9. The number of ether oxygens (including phenoxy) is 1. The van der Waals surface area contributed by atoms with E-state index in [4.69, 9.17) is 10.6 Å². The molecule has 108 valence electrons. The Morgan fingerprint density at radius 2 is 1.95 bits per heavy atom. The van der Waals surface area contributed by atoms with Crippen molar-refractivity contribution in [3.8, 4) is 5.75 Å². The average Bonchev–Trinajstić information content (AvgIpc) is 2.72. The Labute approximate surface area is 139 Å². The molecule has 0 bridgehead atoms. The molecule has 0 fully saturated rings. The molecule has 1 heterocycles. The van der Waals surface area contributed by atoms with Crippen LogP contribution in [0.1, 0.15) is 27.6 Å². The summed E-state index contributed by atoms with van der Waals surface area (Å²) >= 11 is 8.68. The van der Waals surface area contributed by atoms with Gasteiger partial charge in [0.05, 0.1) is 16.9 Å². The number of nitrogens with two attached hydrogens (primary N) is 1. The van der Waals surface area contributed by atoms with Crippen molar-refractivity contribution in [1.29, 1.82) is 0 Å². The van der Waals surface area contributed by atoms with Crippen LogP contribution in [0.5, 0.6) is 5.75 Å². The molecule has 3 nitrogen and oxygen atoms in total. The Morgan fingerprint density at radius 1 is 1.25 bits per heavy atom. The van der Waals surface area contributed by atoms with E-state index >= 15 is 0 Å². The van der Waals surface area contributed by atoms with Crippen molar-refractivity contribution in [2.24, 2.45) is 5.84 Å². The van der Waals surface area contributed by atoms with Crippen LogP contribution in [0.15, 0.2) is 26.5 Å². The molecule has 0 amide bonds. The van der Waals surface area contributed by atoms with E-state index in [1.165, 1.54) is 5.56 Å². The maximum absolute atomic E-state index is 5.80. The summed E-state index contributed by atoms with van der Waals surface area (Å²) in [5, 5.41) is 0. The van der Waals surface area contributed by atoms with Gasteiger partial charge in [0.1, 0.15) is 5.75 Å². The van der Waals surface area contributed by atoms with Gasteiger partial charge >= 0.3 is 0 Å². The van der Waals surface area contributed by atoms with Crippen LogP contribution >= 0.6 is 43.2 Å². The molecular formula is C14H16Br2N2OS. The molecule has 0 saturated heterocycles. The van der Waals surface area contributed by atoms with Gasteiger partial charge in [-0.2, -0.15) is 0 Å². The molecule has 3 N–H and O–H groups in total. The molecule has 1 aromatic carbocycles. The fourth-order valence-corrected chi connectivity index (χ4v) is 4.45. The van der Waals surface area contributed by atoms with E-state index in [0.717, 1.165) is 30.0 Å². The Balaban J connectivity index is 2.57. The fourth-order valence-electron chi connectivity index (χ4n) is 2.29. The normalized spacial score (nSPS) is 12.5. The van der Waals surface area contributed by atoms with Gasteiger partial charge in [0.15, 0.2) is 0 Å². The van der Waals surface area contributed by atoms with E-state index in [-0.39, 0.29) is 6.04 Å². The molecule has 0 aliphatic carbocycles. The highest BCUT2D eigenvalue weighted by atomic mass is 79.9. The second-order valence-corrected chi connectivity index (χ2v) is 7.82. The number of nitrogens with one attached hydrogen (secondary N) is 1. The molecular weight excluding hydrogens is 404 g/mol. The van der Waals surface area contributed by atoms with Crippen LogP contribution in [0, 0.1) is 13.8 Å². The lowest BCUT2D eigenvalue weighted by Gasteiger charge is -2.21. The van der Waals surface area contributed by atoms with Gasteiger partial charge in [-0.05, 0) is 69.0 Å². The average molecular weight is 420 g/mol. The zero-order valence-corrected chi connectivity index (χ0v) is 15.4. The van der Waals surface area contributed by atoms with Crippen molar-refractivity contribution < 1.29 is 4.74 Å². The summed E-state index contributed by atoms with van der Waals surface area (Å²) in [7, 11) is 1.69. The summed E-state index contributed by atoms with van der Waals surface area (Å²) in [6.45, 7) is 4.13. The predicted molar refractivity (Wildman–Crippen MR) is 91.4 cm³/mol. The number of thiophene rings is 1. The molecule has 2 aromatic rings. The minimum absolute atomic E-state index is 0.0989. The SMILES string of the molecule is COc1cc(C)cc(C)c1C(NN)c1cc(Br)c(Br)s1. The van der Waals surface area contributed by atoms with Gasteiger partial charge in [-0.1, -0.05) is 6.07 Å². The quantitative estimate of drug-likeness (QED) is 0.568. The summed E-state index contributed by atoms with van der Waals surface area (Å²) < 4.78 is 7.62. The van der Waals surface area contributed by atoms with Crippen LogP contribution in [0.2, 0.25) is 0 Å². The second kappa shape index (κ2) is 6.58. The Kier molecular flexibility index (Phi) is 5.25. The number of halogens is 2. The maximum Gasteiger partial charge on any atom is 0.124 e. The monoisotopic (exact) mass is 418 g/mol. The first-order valence-corrected chi connectivity index (χ1v) is 8.44. The van der Waals surface area contributed by atoms with E-state index < -0.39 is 0 Å². The number of hydrogen-bond donors (Lipinski definition) is 2. The highest BCUT2D eigenvalue weighted by Gasteiger charge is 2.22. The van der Waals surface area contributed by atoms with Crippen LogP contribution < -0.4 is 16.0 Å². The van der Waals surface area contributed by atoms with Crippen molar-refractivity contribution >= 4 is 43.2 Å². The lowest BCUT2D eigenvalue weighted by Crippen LogP contribution is -2.29. The second-order valence-electron chi connectivity index (χ2n) is 4.57. The molecule has 0 spiro atoms. The molecule has 0 aliphatic heterocycles. The third-order valence-electron chi connectivity index (χ3n) is 3.12. The minimum atomic E-state index is -0.0989. The summed E-state index contributed by atoms with van der Waals surface area (Å²) in [4.78, 5) is 1.12. The minimum Gasteiger partial charge on any atom is -0.496 e. The molecule has 2 rings (SSSR count). The smallest absolute Gasteiger partial charge is 0.124 e. The fraction of sp³-hybridized carbons (Fsp3) is 0.286. The van der Waals surface area contributed by atoms with Crippen LogP contribution in [-0.2, 0) is 0 Å². The lowest BCUT2D eigenvalue weighted by molar-refractivity contribution is 0.403. The Hall–Kier alpha value is -0.400. The summed E-state index contributed by atoms with van der Waals surface area (Å²) in [5.74, 6) is 6.65. The standard InChI is InChI=1S/C14H16Br2N2OS/c1-7-4-8(2)12(10(5-7)19-3)13(18-17)11-6-9(15)14(16)20-11/h4-6,13,18H,17H2,1-3H3. The first-order chi connectivity index (χ1) is 9.47. The van der Waals surface area contributed by atoms with Gasteiger partial charge in [0.25, 0.3) is 0 Å². The van der Waals surface area contributed by atoms with Gasteiger partial charge in [0.2, 0.25) is 0 Å². The highest BCUT2D eigenvalue weighted by Crippen LogP contribution is 2.40. The first-order valence-electron chi connectivity index (χ1n) is 6.04. The van der Waals surface area contributed by atoms with Crippen LogP contribution in [0.4, 0.5) is 0 Å². The van der Waals surface area contributed by atoms with Gasteiger partial charge in [-0.15, -0.1) is 11.3 Å². The lowest BCUT2D eigenvalue weighted by atomic mass is 9.97. The predicted octanol–water partition coefficient (Wildman–Crippen LogP) is 4.45. The number of hydrazine groups is 1. The van der Waals surface area contributed by atoms with Crippen LogP contribution in [0.3, 0.4) is 0 Å². The van der Waals surface area contributed by atoms with E-state index in [9.17, 15) is 0 Å². The number of rotatable bonds is 4. The Bertz CT molecular complexity index is 608. The molecule has 1 atom stereocenters. The zero-order valence-electron chi connectivity index (χ0n) is 11.5. The van der Waals surface area contributed by atoms with E-state index in [2.05, 4.69) is 63.3 Å². The first kappa shape index (κ1) is 16.0. The van der Waals surface area contributed by atoms with Crippen molar-refractivity contribution in [2.45, 2.75) is 19.9 Å². The molecule has 20 heavy (non-hydrogen) atoms. The summed E-state index contributed by atoms with van der Waals surface area (Å²) in [5.41, 5.74) is 6.30. The molecule has 0 aliphatic rings. The van der Waals surface area contributed by atoms with Crippen LogP contribution in [0.25, 0.3) is 0 Å². The van der Waals surface area contributed by atoms with E-state index in [1.54, 1.807) is 18.4 Å². The summed E-state index contributed by atoms with van der Waals surface area (Å²) in [6, 6.07) is 6.14. The number of aryl methyl sites for hydroxylation is 2. The maximum atomic E-state index is 5.80. The van der Waals surface area contributed by atoms with Gasteiger partial charge in [-0.3, -0.25) is 5.84 Å². The Morgan fingerprint density at radius 3 is 2.45 bits per heavy atom. The highest BCUT2D eigenvalue weighted by molar-refractivity contribution is 9.13. The molecule has 0 saturated carbocycles. The molecule has 0 radical (unpaired) electrons. The third kappa shape index (κ3) is 3.09. The van der Waals surface area contributed by atoms with E-state index in [1.807, 2.05) is 6.07 Å². The van der Waals surface area contributed by atoms with Crippen molar-refractivity contribution in [3.05, 3.63) is 48.0 Å². The van der Waals surface area contributed by atoms with Crippen molar-refractivity contribution in [2.75, 3.05) is 7.11 Å². The molecule has 1 unspecified atom stereocenters. The third-order valence-corrected chi connectivity index (χ3v) is 6.44. The van der Waals surface area contributed by atoms with Crippen molar-refractivity contribution in [3.63, 3.8) is 0 Å². The largest absolute Gasteiger partial charge is 0.496 e. The number of methoxy groups -OCH3 is 1.